The molecule has 0 N–H and O–H groups in total. The van der Waals surface area contributed by atoms with Crippen LogP contribution < -0.4 is 4.74 Å². The Morgan fingerprint density at radius 1 is 0.964 bits per heavy atom. The summed E-state index contributed by atoms with van der Waals surface area (Å²) in [4.78, 5) is 50.5. The fourth-order valence-electron chi connectivity index (χ4n) is 3.00. The molecule has 1 heterocycles. The van der Waals surface area contributed by atoms with E-state index >= 15 is 0 Å². The smallest absolute Gasteiger partial charge is 0.338 e. The highest BCUT2D eigenvalue weighted by atomic mass is 16.5. The van der Waals surface area contributed by atoms with Crippen LogP contribution in [0.4, 0.5) is 0 Å². The minimum atomic E-state index is -0.713. The Morgan fingerprint density at radius 2 is 1.50 bits per heavy atom. The fraction of sp³-hybridized carbons (Fsp3) is 0.500. The second kappa shape index (κ2) is 8.41. The highest BCUT2D eigenvalue weighted by Crippen LogP contribution is 2.27. The average Bonchev–Trinajstić information content (AvgIpc) is 3.14. The fourth-order valence-corrected chi connectivity index (χ4v) is 3.00. The van der Waals surface area contributed by atoms with Gasteiger partial charge >= 0.3 is 17.9 Å². The molecule has 0 aromatic heterocycles. The van der Waals surface area contributed by atoms with Crippen LogP contribution in [0, 0.1) is 5.41 Å². The van der Waals surface area contributed by atoms with Crippen LogP contribution in [-0.2, 0) is 19.1 Å². The second-order valence-electron chi connectivity index (χ2n) is 7.56. The molecule has 1 fully saturated rings. The van der Waals surface area contributed by atoms with Crippen molar-refractivity contribution in [3.8, 4) is 5.75 Å². The average molecular weight is 391 g/mol. The number of ether oxygens (including phenoxy) is 3. The monoisotopic (exact) mass is 391 g/mol. The zero-order chi connectivity index (χ0) is 21.1. The molecule has 152 valence electrons. The number of hydrogen-bond acceptors (Lipinski definition) is 7. The summed E-state index contributed by atoms with van der Waals surface area (Å²) in [7, 11) is 2.40. The van der Waals surface area contributed by atoms with Gasteiger partial charge in [-0.15, -0.1) is 0 Å². The van der Waals surface area contributed by atoms with E-state index in [9.17, 15) is 19.2 Å². The first-order valence-electron chi connectivity index (χ1n) is 8.93. The van der Waals surface area contributed by atoms with Crippen molar-refractivity contribution in [3.63, 3.8) is 0 Å². The van der Waals surface area contributed by atoms with Gasteiger partial charge in [-0.25, -0.2) is 14.4 Å². The lowest BCUT2D eigenvalue weighted by atomic mass is 9.94. The first-order valence-corrected chi connectivity index (χ1v) is 8.93. The predicted octanol–water partition coefficient (Wildman–Crippen LogP) is 2.20. The summed E-state index contributed by atoms with van der Waals surface area (Å²) in [5, 5.41) is 0. The molecule has 1 aromatic rings. The zero-order valence-electron chi connectivity index (χ0n) is 16.7. The van der Waals surface area contributed by atoms with E-state index in [1.54, 1.807) is 20.8 Å². The lowest BCUT2D eigenvalue weighted by Crippen LogP contribution is -2.47. The molecule has 1 aromatic carbocycles. The molecule has 0 aliphatic carbocycles. The summed E-state index contributed by atoms with van der Waals surface area (Å²) < 4.78 is 14.7. The number of carbonyl (C=O) groups excluding carboxylic acids is 4. The van der Waals surface area contributed by atoms with Crippen LogP contribution in [-0.4, -0.2) is 55.5 Å². The summed E-state index contributed by atoms with van der Waals surface area (Å²) in [5.74, 6) is -2.12. The van der Waals surface area contributed by atoms with E-state index in [2.05, 4.69) is 9.47 Å². The summed E-state index contributed by atoms with van der Waals surface area (Å²) in [6.45, 7) is 5.85. The van der Waals surface area contributed by atoms with E-state index in [0.717, 1.165) is 0 Å². The van der Waals surface area contributed by atoms with Gasteiger partial charge in [0.15, 0.2) is 0 Å². The Bertz CT molecular complexity index is 760. The molecule has 0 saturated carbocycles. The molecule has 2 rings (SSSR count). The maximum absolute atomic E-state index is 12.7. The van der Waals surface area contributed by atoms with Gasteiger partial charge in [0.1, 0.15) is 11.8 Å². The second-order valence-corrected chi connectivity index (χ2v) is 7.56. The molecule has 8 heteroatoms. The Hall–Kier alpha value is -2.90. The van der Waals surface area contributed by atoms with Gasteiger partial charge in [-0.2, -0.15) is 0 Å². The van der Waals surface area contributed by atoms with Gasteiger partial charge in [-0.3, -0.25) is 4.79 Å². The summed E-state index contributed by atoms with van der Waals surface area (Å²) in [6, 6.07) is 3.19. The van der Waals surface area contributed by atoms with Crippen LogP contribution in [0.15, 0.2) is 18.2 Å². The molecule has 1 unspecified atom stereocenters. The van der Waals surface area contributed by atoms with E-state index in [1.807, 2.05) is 0 Å². The number of hydrogen-bond donors (Lipinski definition) is 0. The number of benzene rings is 1. The number of rotatable bonds is 4. The van der Waals surface area contributed by atoms with Crippen molar-refractivity contribution in [2.24, 2.45) is 5.41 Å². The Balaban J connectivity index is 2.28. The van der Waals surface area contributed by atoms with E-state index in [-0.39, 0.29) is 22.8 Å². The van der Waals surface area contributed by atoms with Gasteiger partial charge < -0.3 is 19.1 Å². The standard InChI is InChI=1S/C20H25NO7/c1-20(2,3)19(25)21-8-6-7-15(21)18(24)28-14-10-12(16(22)26-4)9-13(11-14)17(23)27-5/h9-11,15H,6-8H2,1-5H3. The number of likely N-dealkylation sites (tertiary alicyclic amines) is 1. The zero-order valence-corrected chi connectivity index (χ0v) is 16.7. The summed E-state index contributed by atoms with van der Waals surface area (Å²) >= 11 is 0. The maximum atomic E-state index is 12.7. The summed E-state index contributed by atoms with van der Waals surface area (Å²) in [6.07, 6.45) is 1.18. The first kappa shape index (κ1) is 21.4. The SMILES string of the molecule is COC(=O)c1cc(OC(=O)C2CCCN2C(=O)C(C)(C)C)cc(C(=O)OC)c1. The van der Waals surface area contributed by atoms with E-state index < -0.39 is 29.4 Å². The van der Waals surface area contributed by atoms with E-state index in [1.165, 1.54) is 37.3 Å². The number of carbonyl (C=O) groups is 4. The van der Waals surface area contributed by atoms with Crippen molar-refractivity contribution in [2.45, 2.75) is 39.7 Å². The molecule has 28 heavy (non-hydrogen) atoms. The number of esters is 3. The van der Waals surface area contributed by atoms with Crippen LogP contribution in [0.25, 0.3) is 0 Å². The van der Waals surface area contributed by atoms with Gasteiger partial charge in [0.25, 0.3) is 0 Å². The number of amides is 1. The minimum absolute atomic E-state index is 0.00311. The van der Waals surface area contributed by atoms with Gasteiger partial charge in [-0.05, 0) is 31.0 Å². The molecular weight excluding hydrogens is 366 g/mol. The van der Waals surface area contributed by atoms with Gasteiger partial charge in [-0.1, -0.05) is 20.8 Å². The normalized spacial score (nSPS) is 16.5. The molecule has 1 atom stereocenters. The number of nitrogens with zero attached hydrogens (tertiary/aromatic N) is 1. The highest BCUT2D eigenvalue weighted by Gasteiger charge is 2.39. The quantitative estimate of drug-likeness (QED) is 0.573. The summed E-state index contributed by atoms with van der Waals surface area (Å²) in [5.41, 5.74) is -0.532. The van der Waals surface area contributed by atoms with Gasteiger partial charge in [0.2, 0.25) is 5.91 Å². The maximum Gasteiger partial charge on any atom is 0.338 e. The first-order chi connectivity index (χ1) is 13.1. The van der Waals surface area contributed by atoms with Crippen molar-refractivity contribution in [2.75, 3.05) is 20.8 Å². The van der Waals surface area contributed by atoms with Gasteiger partial charge in [0, 0.05) is 12.0 Å². The van der Waals surface area contributed by atoms with Crippen LogP contribution in [0.2, 0.25) is 0 Å². The van der Waals surface area contributed by atoms with Crippen LogP contribution in [0.5, 0.6) is 5.75 Å². The topological polar surface area (TPSA) is 99.2 Å². The largest absolute Gasteiger partial charge is 0.465 e. The number of methoxy groups -OCH3 is 2. The molecule has 1 saturated heterocycles. The molecule has 1 amide bonds. The van der Waals surface area contributed by atoms with Crippen LogP contribution >= 0.6 is 0 Å². The van der Waals surface area contributed by atoms with E-state index in [0.29, 0.717) is 19.4 Å². The van der Waals surface area contributed by atoms with Crippen LogP contribution in [0.1, 0.15) is 54.3 Å². The molecule has 1 aliphatic heterocycles. The minimum Gasteiger partial charge on any atom is -0.465 e. The lowest BCUT2D eigenvalue weighted by molar-refractivity contribution is -0.150. The van der Waals surface area contributed by atoms with Crippen molar-refractivity contribution in [1.82, 2.24) is 4.90 Å². The van der Waals surface area contributed by atoms with Crippen LogP contribution in [0.3, 0.4) is 0 Å². The van der Waals surface area contributed by atoms with Crippen molar-refractivity contribution in [1.29, 1.82) is 0 Å². The molecular formula is C20H25NO7. The molecule has 0 spiro atoms. The molecule has 8 nitrogen and oxygen atoms in total. The van der Waals surface area contributed by atoms with Crippen molar-refractivity contribution >= 4 is 23.8 Å². The molecule has 0 bridgehead atoms. The lowest BCUT2D eigenvalue weighted by Gasteiger charge is -2.29. The Morgan fingerprint density at radius 3 is 1.96 bits per heavy atom. The van der Waals surface area contributed by atoms with Crippen molar-refractivity contribution in [3.05, 3.63) is 29.3 Å². The van der Waals surface area contributed by atoms with Crippen molar-refractivity contribution < 1.29 is 33.4 Å². The third-order valence-electron chi connectivity index (χ3n) is 4.39. The third-order valence-corrected chi connectivity index (χ3v) is 4.39. The predicted molar refractivity (Wildman–Crippen MR) is 98.9 cm³/mol. The molecule has 1 aliphatic rings. The van der Waals surface area contributed by atoms with Gasteiger partial charge in [0.05, 0.1) is 25.3 Å². The highest BCUT2D eigenvalue weighted by molar-refractivity contribution is 5.96. The van der Waals surface area contributed by atoms with E-state index in [4.69, 9.17) is 4.74 Å². The third kappa shape index (κ3) is 4.68. The Labute approximate surface area is 163 Å². The molecule has 0 radical (unpaired) electrons. The Kier molecular flexibility index (Phi) is 6.43.